The number of aromatic nitrogens is 3. The molecule has 0 amide bonds. The van der Waals surface area contributed by atoms with Gasteiger partial charge in [0.05, 0.1) is 11.4 Å². The van der Waals surface area contributed by atoms with Gasteiger partial charge in [-0.15, -0.1) is 0 Å². The van der Waals surface area contributed by atoms with E-state index in [1.807, 2.05) is 0 Å². The molecule has 0 spiro atoms. The summed E-state index contributed by atoms with van der Waals surface area (Å²) in [7, 11) is -3.86. The summed E-state index contributed by atoms with van der Waals surface area (Å²) in [6.45, 7) is -0.0678. The average molecular weight is 285 g/mol. The van der Waals surface area contributed by atoms with E-state index in [0.29, 0.717) is 11.4 Å². The van der Waals surface area contributed by atoms with Crippen molar-refractivity contribution in [2.75, 3.05) is 0 Å². The van der Waals surface area contributed by atoms with E-state index in [4.69, 9.17) is 5.73 Å². The van der Waals surface area contributed by atoms with Crippen LogP contribution in [0.4, 0.5) is 4.39 Å². The maximum absolute atomic E-state index is 13.2. The molecule has 0 aliphatic rings. The molecular formula is C10H12FN5O2S. The Bertz CT molecular complexity index is 657. The highest BCUT2D eigenvalue weighted by atomic mass is 32.2. The Labute approximate surface area is 109 Å². The van der Waals surface area contributed by atoms with E-state index >= 15 is 0 Å². The Morgan fingerprint density at radius 3 is 2.84 bits per heavy atom. The van der Waals surface area contributed by atoms with Crippen LogP contribution in [0.1, 0.15) is 11.4 Å². The number of nitrogens with two attached hydrogens (primary N) is 1. The largest absolute Gasteiger partial charge is 0.326 e. The number of nitrogens with zero attached hydrogens (tertiary/aromatic N) is 2. The van der Waals surface area contributed by atoms with Gasteiger partial charge in [-0.1, -0.05) is 6.07 Å². The van der Waals surface area contributed by atoms with E-state index in [1.165, 1.54) is 12.4 Å². The summed E-state index contributed by atoms with van der Waals surface area (Å²) in [5.41, 5.74) is 5.78. The molecule has 0 unspecified atom stereocenters. The van der Waals surface area contributed by atoms with Crippen LogP contribution in [0.2, 0.25) is 0 Å². The summed E-state index contributed by atoms with van der Waals surface area (Å²) >= 11 is 0. The van der Waals surface area contributed by atoms with Gasteiger partial charge in [-0.05, 0) is 17.7 Å². The average Bonchev–Trinajstić information content (AvgIpc) is 2.89. The molecule has 0 radical (unpaired) electrons. The number of aromatic amines is 1. The lowest BCUT2D eigenvalue weighted by atomic mass is 10.2. The second-order valence-electron chi connectivity index (χ2n) is 3.71. The summed E-state index contributed by atoms with van der Waals surface area (Å²) < 4.78 is 39.6. The minimum absolute atomic E-state index is 0.00116. The van der Waals surface area contributed by atoms with Gasteiger partial charge in [0.2, 0.25) is 10.0 Å². The van der Waals surface area contributed by atoms with Gasteiger partial charge in [0, 0.05) is 6.54 Å². The van der Waals surface area contributed by atoms with Gasteiger partial charge in [-0.2, -0.15) is 5.10 Å². The van der Waals surface area contributed by atoms with Crippen LogP contribution in [0.5, 0.6) is 0 Å². The lowest BCUT2D eigenvalue weighted by molar-refractivity contribution is 0.574. The van der Waals surface area contributed by atoms with Crippen LogP contribution < -0.4 is 10.5 Å². The molecule has 102 valence electrons. The fourth-order valence-electron chi connectivity index (χ4n) is 1.50. The first-order valence-corrected chi connectivity index (χ1v) is 6.83. The SMILES string of the molecule is NCc1ccc(F)cc1S(=O)(=O)NCc1ncn[nH]1. The molecule has 1 aromatic heterocycles. The predicted octanol–water partition coefficient (Wildman–Crippen LogP) is -0.119. The molecule has 1 heterocycles. The van der Waals surface area contributed by atoms with Gasteiger partial charge in [0.1, 0.15) is 18.0 Å². The second-order valence-corrected chi connectivity index (χ2v) is 5.45. The molecule has 0 atom stereocenters. The number of benzene rings is 1. The maximum Gasteiger partial charge on any atom is 0.241 e. The van der Waals surface area contributed by atoms with Crippen molar-refractivity contribution in [3.63, 3.8) is 0 Å². The topological polar surface area (TPSA) is 114 Å². The molecule has 0 fully saturated rings. The Balaban J connectivity index is 2.26. The van der Waals surface area contributed by atoms with E-state index in [2.05, 4.69) is 19.9 Å². The summed E-state index contributed by atoms with van der Waals surface area (Å²) in [6, 6.07) is 3.45. The van der Waals surface area contributed by atoms with Crippen molar-refractivity contribution in [2.24, 2.45) is 5.73 Å². The van der Waals surface area contributed by atoms with Gasteiger partial charge in [-0.25, -0.2) is 22.5 Å². The van der Waals surface area contributed by atoms with Gasteiger partial charge >= 0.3 is 0 Å². The first kappa shape index (κ1) is 13.6. The van der Waals surface area contributed by atoms with E-state index < -0.39 is 15.8 Å². The highest BCUT2D eigenvalue weighted by Crippen LogP contribution is 2.17. The van der Waals surface area contributed by atoms with E-state index in [9.17, 15) is 12.8 Å². The van der Waals surface area contributed by atoms with Crippen LogP contribution in [0, 0.1) is 5.82 Å². The van der Waals surface area contributed by atoms with Crippen molar-refractivity contribution >= 4 is 10.0 Å². The first-order valence-electron chi connectivity index (χ1n) is 5.35. The molecule has 0 saturated carbocycles. The highest BCUT2D eigenvalue weighted by Gasteiger charge is 2.19. The Kier molecular flexibility index (Phi) is 3.88. The number of hydrogen-bond donors (Lipinski definition) is 3. The zero-order valence-corrected chi connectivity index (χ0v) is 10.6. The number of H-pyrrole nitrogens is 1. The van der Waals surface area contributed by atoms with E-state index in [-0.39, 0.29) is 18.0 Å². The summed E-state index contributed by atoms with van der Waals surface area (Å²) in [6.07, 6.45) is 1.26. The summed E-state index contributed by atoms with van der Waals surface area (Å²) in [5.74, 6) is -0.286. The van der Waals surface area contributed by atoms with Crippen molar-refractivity contribution in [3.05, 3.63) is 41.7 Å². The van der Waals surface area contributed by atoms with Gasteiger partial charge in [-0.3, -0.25) is 5.10 Å². The van der Waals surface area contributed by atoms with Crippen LogP contribution in [-0.2, 0) is 23.1 Å². The molecule has 0 aliphatic heterocycles. The van der Waals surface area contributed by atoms with Crippen molar-refractivity contribution in [3.8, 4) is 0 Å². The van der Waals surface area contributed by atoms with Gasteiger partial charge < -0.3 is 5.73 Å². The molecule has 0 bridgehead atoms. The third-order valence-electron chi connectivity index (χ3n) is 2.43. The van der Waals surface area contributed by atoms with Gasteiger partial charge in [0.15, 0.2) is 0 Å². The minimum atomic E-state index is -3.86. The molecule has 7 nitrogen and oxygen atoms in total. The standard InChI is InChI=1S/C10H12FN5O2S/c11-8-2-1-7(4-12)9(3-8)19(17,18)15-5-10-13-6-14-16-10/h1-3,6,15H,4-5,12H2,(H,13,14,16). The minimum Gasteiger partial charge on any atom is -0.326 e. The summed E-state index contributed by atoms with van der Waals surface area (Å²) in [4.78, 5) is 3.61. The van der Waals surface area contributed by atoms with Crippen molar-refractivity contribution in [2.45, 2.75) is 18.0 Å². The maximum atomic E-state index is 13.2. The number of sulfonamides is 1. The summed E-state index contributed by atoms with van der Waals surface area (Å²) in [5, 5.41) is 6.11. The second kappa shape index (κ2) is 5.43. The molecule has 1 aromatic carbocycles. The van der Waals surface area contributed by atoms with Crippen molar-refractivity contribution < 1.29 is 12.8 Å². The third-order valence-corrected chi connectivity index (χ3v) is 3.92. The molecule has 0 saturated heterocycles. The van der Waals surface area contributed by atoms with Crippen LogP contribution in [0.25, 0.3) is 0 Å². The fourth-order valence-corrected chi connectivity index (χ4v) is 2.75. The zero-order valence-electron chi connectivity index (χ0n) is 9.80. The molecule has 4 N–H and O–H groups in total. The number of hydrogen-bond acceptors (Lipinski definition) is 5. The number of nitrogens with one attached hydrogen (secondary N) is 2. The zero-order chi connectivity index (χ0) is 13.9. The molecule has 9 heteroatoms. The van der Waals surface area contributed by atoms with Crippen LogP contribution in [-0.4, -0.2) is 23.6 Å². The van der Waals surface area contributed by atoms with E-state index in [0.717, 1.165) is 12.1 Å². The van der Waals surface area contributed by atoms with Crippen molar-refractivity contribution in [1.29, 1.82) is 0 Å². The fraction of sp³-hybridized carbons (Fsp3) is 0.200. The van der Waals surface area contributed by atoms with Crippen LogP contribution in [0.15, 0.2) is 29.4 Å². The smallest absolute Gasteiger partial charge is 0.241 e. The number of rotatable bonds is 5. The Morgan fingerprint density at radius 2 is 2.21 bits per heavy atom. The Hall–Kier alpha value is -1.84. The predicted molar refractivity (Wildman–Crippen MR) is 64.7 cm³/mol. The lowest BCUT2D eigenvalue weighted by Gasteiger charge is -2.09. The third kappa shape index (κ3) is 3.13. The number of halogens is 1. The lowest BCUT2D eigenvalue weighted by Crippen LogP contribution is -2.25. The molecule has 19 heavy (non-hydrogen) atoms. The highest BCUT2D eigenvalue weighted by molar-refractivity contribution is 7.89. The van der Waals surface area contributed by atoms with Crippen LogP contribution in [0.3, 0.4) is 0 Å². The van der Waals surface area contributed by atoms with E-state index in [1.54, 1.807) is 0 Å². The molecule has 2 aromatic rings. The van der Waals surface area contributed by atoms with Crippen molar-refractivity contribution in [1.82, 2.24) is 19.9 Å². The first-order chi connectivity index (χ1) is 9.03. The molecule has 0 aliphatic carbocycles. The monoisotopic (exact) mass is 285 g/mol. The van der Waals surface area contributed by atoms with Crippen LogP contribution >= 0.6 is 0 Å². The molecular weight excluding hydrogens is 273 g/mol. The van der Waals surface area contributed by atoms with Gasteiger partial charge in [0.25, 0.3) is 0 Å². The Morgan fingerprint density at radius 1 is 1.42 bits per heavy atom. The molecule has 2 rings (SSSR count). The quantitative estimate of drug-likeness (QED) is 0.708. The normalized spacial score (nSPS) is 11.7.